The van der Waals surface area contributed by atoms with Gasteiger partial charge in [-0.2, -0.15) is 0 Å². The summed E-state index contributed by atoms with van der Waals surface area (Å²) in [7, 11) is 1.97. The van der Waals surface area contributed by atoms with Gasteiger partial charge in [0.1, 0.15) is 22.0 Å². The Labute approximate surface area is 247 Å². The van der Waals surface area contributed by atoms with Gasteiger partial charge in [0.2, 0.25) is 5.43 Å². The normalized spacial score (nSPS) is 11.0. The summed E-state index contributed by atoms with van der Waals surface area (Å²) in [6.45, 7) is 2.60. The Kier molecular flexibility index (Phi) is 9.70. The number of benzene rings is 3. The molecule has 212 valence electrons. The van der Waals surface area contributed by atoms with Crippen molar-refractivity contribution in [3.05, 3.63) is 129 Å². The molecule has 0 radical (unpaired) electrons. The molecule has 0 aliphatic heterocycles. The molecule has 0 atom stereocenters. The minimum atomic E-state index is -0.770. The van der Waals surface area contributed by atoms with E-state index < -0.39 is 23.0 Å². The van der Waals surface area contributed by atoms with Gasteiger partial charge in [-0.15, -0.1) is 23.7 Å². The first-order valence-electron chi connectivity index (χ1n) is 12.9. The summed E-state index contributed by atoms with van der Waals surface area (Å²) in [5, 5.41) is 0.353. The SMILES string of the molecule is CCOC(=O)c1cn(Cc2c(F)cccc2F)c2sc(-c3ccccc3)c(CN(C)Cc3ccccc3)c2c1=O.Cl. The number of ether oxygens (including phenoxy) is 1. The molecule has 0 aliphatic rings. The highest BCUT2D eigenvalue weighted by molar-refractivity contribution is 7.22. The molecular weight excluding hydrogens is 566 g/mol. The lowest BCUT2D eigenvalue weighted by Gasteiger charge is -2.18. The first-order valence-corrected chi connectivity index (χ1v) is 13.8. The smallest absolute Gasteiger partial charge is 0.343 e. The average Bonchev–Trinajstić information content (AvgIpc) is 3.32. The fourth-order valence-electron chi connectivity index (χ4n) is 4.82. The number of nitrogens with zero attached hydrogens (tertiary/aromatic N) is 2. The Morgan fingerprint density at radius 1 is 0.902 bits per heavy atom. The van der Waals surface area contributed by atoms with E-state index in [0.29, 0.717) is 23.3 Å². The Bertz CT molecular complexity index is 1700. The van der Waals surface area contributed by atoms with Crippen molar-refractivity contribution < 1.29 is 18.3 Å². The second-order valence-corrected chi connectivity index (χ2v) is 10.5. The van der Waals surface area contributed by atoms with Crippen molar-refractivity contribution >= 4 is 39.9 Å². The highest BCUT2D eigenvalue weighted by Crippen LogP contribution is 2.39. The van der Waals surface area contributed by atoms with Crippen LogP contribution in [-0.4, -0.2) is 29.1 Å². The number of hydrogen-bond acceptors (Lipinski definition) is 5. The predicted octanol–water partition coefficient (Wildman–Crippen LogP) is 7.29. The Morgan fingerprint density at radius 3 is 2.17 bits per heavy atom. The molecule has 0 saturated heterocycles. The topological polar surface area (TPSA) is 51.5 Å². The third-order valence-electron chi connectivity index (χ3n) is 6.65. The standard InChI is InChI=1S/C32H28F2N2O3S.ClH/c1-3-39-32(38)25-20-36(19-23-26(33)15-10-16-27(23)34)31-28(29(25)37)24(30(40-31)22-13-8-5-9-14-22)18-35(2)17-21-11-6-4-7-12-21;/h4-16,20H,3,17-19H2,1-2H3;1H. The molecule has 0 amide bonds. The van der Waals surface area contributed by atoms with E-state index in [1.807, 2.05) is 67.7 Å². The lowest BCUT2D eigenvalue weighted by Crippen LogP contribution is -2.23. The molecule has 5 aromatic rings. The van der Waals surface area contributed by atoms with Crippen molar-refractivity contribution in [1.29, 1.82) is 0 Å². The summed E-state index contributed by atoms with van der Waals surface area (Å²) < 4.78 is 36.2. The molecule has 0 N–H and O–H groups in total. The maximum absolute atomic E-state index is 14.7. The zero-order chi connectivity index (χ0) is 28.2. The van der Waals surface area contributed by atoms with Gasteiger partial charge in [-0.3, -0.25) is 9.69 Å². The van der Waals surface area contributed by atoms with Crippen molar-refractivity contribution in [3.63, 3.8) is 0 Å². The lowest BCUT2D eigenvalue weighted by molar-refractivity contribution is 0.0524. The zero-order valence-corrected chi connectivity index (χ0v) is 24.2. The largest absolute Gasteiger partial charge is 0.462 e. The van der Waals surface area contributed by atoms with E-state index >= 15 is 0 Å². The third kappa shape index (κ3) is 6.40. The maximum Gasteiger partial charge on any atom is 0.343 e. The number of aromatic nitrogens is 1. The van der Waals surface area contributed by atoms with E-state index in [2.05, 4.69) is 4.90 Å². The first kappa shape index (κ1) is 30.1. The van der Waals surface area contributed by atoms with Crippen LogP contribution < -0.4 is 5.43 Å². The molecule has 3 aromatic carbocycles. The lowest BCUT2D eigenvalue weighted by atomic mass is 10.0. The fraction of sp³-hybridized carbons (Fsp3) is 0.188. The number of esters is 1. The van der Waals surface area contributed by atoms with E-state index in [9.17, 15) is 18.4 Å². The van der Waals surface area contributed by atoms with Crippen molar-refractivity contribution in [2.45, 2.75) is 26.6 Å². The molecule has 5 rings (SSSR count). The molecule has 0 spiro atoms. The van der Waals surface area contributed by atoms with Crippen LogP contribution in [0.3, 0.4) is 0 Å². The average molecular weight is 595 g/mol. The maximum atomic E-state index is 14.7. The minimum Gasteiger partial charge on any atom is -0.462 e. The molecule has 0 aliphatic carbocycles. The number of carbonyl (C=O) groups excluding carboxylic acids is 1. The molecule has 0 bridgehead atoms. The zero-order valence-electron chi connectivity index (χ0n) is 22.6. The summed E-state index contributed by atoms with van der Waals surface area (Å²) >= 11 is 1.37. The number of thiophene rings is 1. The van der Waals surface area contributed by atoms with Gasteiger partial charge in [-0.25, -0.2) is 13.6 Å². The van der Waals surface area contributed by atoms with Crippen LogP contribution in [0.1, 0.15) is 34.0 Å². The Hall–Kier alpha value is -3.85. The molecule has 41 heavy (non-hydrogen) atoms. The van der Waals surface area contributed by atoms with Crippen molar-refractivity contribution in [1.82, 2.24) is 9.47 Å². The van der Waals surface area contributed by atoms with Crippen LogP contribution in [-0.2, 0) is 24.4 Å². The number of halogens is 3. The van der Waals surface area contributed by atoms with Crippen LogP contribution in [0.15, 0.2) is 89.9 Å². The van der Waals surface area contributed by atoms with E-state index in [0.717, 1.165) is 21.6 Å². The molecular formula is C32H29ClF2N2O3S. The van der Waals surface area contributed by atoms with Crippen molar-refractivity contribution in [3.8, 4) is 10.4 Å². The van der Waals surface area contributed by atoms with Gasteiger partial charge in [0, 0.05) is 29.7 Å². The van der Waals surface area contributed by atoms with Gasteiger partial charge in [0.25, 0.3) is 0 Å². The van der Waals surface area contributed by atoms with Gasteiger partial charge in [-0.05, 0) is 42.8 Å². The van der Waals surface area contributed by atoms with Crippen LogP contribution in [0.4, 0.5) is 8.78 Å². The van der Waals surface area contributed by atoms with Crippen LogP contribution in [0.25, 0.3) is 20.7 Å². The third-order valence-corrected chi connectivity index (χ3v) is 7.97. The summed E-state index contributed by atoms with van der Waals surface area (Å²) in [6.07, 6.45) is 1.36. The summed E-state index contributed by atoms with van der Waals surface area (Å²) in [5.74, 6) is -2.17. The van der Waals surface area contributed by atoms with Crippen LogP contribution in [0.2, 0.25) is 0 Å². The quantitative estimate of drug-likeness (QED) is 0.168. The predicted molar refractivity (Wildman–Crippen MR) is 162 cm³/mol. The number of hydrogen-bond donors (Lipinski definition) is 0. The number of pyridine rings is 1. The molecule has 2 aromatic heterocycles. The number of fused-ring (bicyclic) bond motifs is 1. The summed E-state index contributed by atoms with van der Waals surface area (Å²) in [4.78, 5) is 30.3. The van der Waals surface area contributed by atoms with Gasteiger partial charge in [0.05, 0.1) is 18.5 Å². The van der Waals surface area contributed by atoms with Gasteiger partial charge < -0.3 is 9.30 Å². The second-order valence-electron chi connectivity index (χ2n) is 9.53. The van der Waals surface area contributed by atoms with Crippen LogP contribution >= 0.6 is 23.7 Å². The number of carbonyl (C=O) groups is 1. The molecule has 0 unspecified atom stereocenters. The Morgan fingerprint density at radius 2 is 1.54 bits per heavy atom. The molecule has 5 nitrogen and oxygen atoms in total. The minimum absolute atomic E-state index is 0. The van der Waals surface area contributed by atoms with E-state index in [1.165, 1.54) is 35.7 Å². The highest BCUT2D eigenvalue weighted by Gasteiger charge is 2.25. The molecule has 9 heteroatoms. The van der Waals surface area contributed by atoms with Crippen molar-refractivity contribution in [2.75, 3.05) is 13.7 Å². The van der Waals surface area contributed by atoms with Gasteiger partial charge in [-0.1, -0.05) is 66.7 Å². The molecule has 0 saturated carbocycles. The molecule has 0 fully saturated rings. The van der Waals surface area contributed by atoms with E-state index in [1.54, 1.807) is 11.5 Å². The molecule has 2 heterocycles. The summed E-state index contributed by atoms with van der Waals surface area (Å²) in [5.41, 5.74) is 2.00. The fourth-order valence-corrected chi connectivity index (χ4v) is 6.11. The highest BCUT2D eigenvalue weighted by atomic mass is 35.5. The van der Waals surface area contributed by atoms with Crippen molar-refractivity contribution in [2.24, 2.45) is 0 Å². The van der Waals surface area contributed by atoms with E-state index in [-0.39, 0.29) is 36.7 Å². The van der Waals surface area contributed by atoms with Gasteiger partial charge >= 0.3 is 5.97 Å². The Balaban J connectivity index is 0.00000387. The second kappa shape index (κ2) is 13.2. The van der Waals surface area contributed by atoms with Crippen LogP contribution in [0, 0.1) is 11.6 Å². The van der Waals surface area contributed by atoms with Gasteiger partial charge in [0.15, 0.2) is 0 Å². The van der Waals surface area contributed by atoms with Crippen LogP contribution in [0.5, 0.6) is 0 Å². The monoisotopic (exact) mass is 594 g/mol. The summed E-state index contributed by atoms with van der Waals surface area (Å²) in [6, 6.07) is 23.4. The van der Waals surface area contributed by atoms with E-state index in [4.69, 9.17) is 4.74 Å². The first-order chi connectivity index (χ1) is 19.4. The number of rotatable bonds is 9.